The number of dihydropyridines is 1. The Kier molecular flexibility index (Phi) is 17.5. The molecule has 1 amide bonds. The highest BCUT2D eigenvalue weighted by Crippen LogP contribution is 2.61. The summed E-state index contributed by atoms with van der Waals surface area (Å²) in [5, 5.41) is 107. The van der Waals surface area contributed by atoms with Crippen LogP contribution in [-0.2, 0) is 43.2 Å². The van der Waals surface area contributed by atoms with Crippen LogP contribution >= 0.6 is 0 Å². The minimum Gasteiger partial charge on any atom is -0.486 e. The van der Waals surface area contributed by atoms with E-state index in [1.165, 1.54) is 12.1 Å². The quantitative estimate of drug-likeness (QED) is 0.0542. The number of anilines is 1. The zero-order valence-corrected chi connectivity index (χ0v) is 56.8. The molecule has 2 saturated carbocycles. The van der Waals surface area contributed by atoms with Crippen molar-refractivity contribution in [3.8, 4) is 23.3 Å². The fourth-order valence-electron chi connectivity index (χ4n) is 20.3. The van der Waals surface area contributed by atoms with Crippen molar-refractivity contribution in [3.05, 3.63) is 157 Å². The lowest BCUT2D eigenvalue weighted by atomic mass is 9.57. The van der Waals surface area contributed by atoms with Gasteiger partial charge in [0.2, 0.25) is 12.2 Å². The molecule has 24 heteroatoms. The zero-order valence-electron chi connectivity index (χ0n) is 56.8. The lowest BCUT2D eigenvalue weighted by Crippen LogP contribution is -2.73. The molecule has 24 nitrogen and oxygen atoms in total. The summed E-state index contributed by atoms with van der Waals surface area (Å²) in [6.07, 6.45) is -3.53. The van der Waals surface area contributed by atoms with Crippen LogP contribution in [0.3, 0.4) is 0 Å². The monoisotopic (exact) mass is 1390 g/mol. The summed E-state index contributed by atoms with van der Waals surface area (Å²) < 4.78 is 37.5. The van der Waals surface area contributed by atoms with Crippen molar-refractivity contribution >= 4 is 29.4 Å². The first-order valence-corrected chi connectivity index (χ1v) is 36.7. The fourth-order valence-corrected chi connectivity index (χ4v) is 20.3. The zero-order chi connectivity index (χ0) is 70.3. The summed E-state index contributed by atoms with van der Waals surface area (Å²) in [5.41, 5.74) is 15.6. The average Bonchev–Trinajstić information content (AvgIpc) is 1.41. The van der Waals surface area contributed by atoms with Crippen molar-refractivity contribution in [1.29, 1.82) is 0 Å². The minimum atomic E-state index is -2.60. The van der Waals surface area contributed by atoms with Crippen molar-refractivity contribution in [2.24, 2.45) is 34.6 Å². The van der Waals surface area contributed by atoms with E-state index >= 15 is 9.59 Å². The Balaban J connectivity index is 0.952. The van der Waals surface area contributed by atoms with Gasteiger partial charge in [-0.05, 0) is 151 Å². The lowest BCUT2D eigenvalue weighted by Gasteiger charge is -2.54. The van der Waals surface area contributed by atoms with Gasteiger partial charge in [-0.25, -0.2) is 0 Å². The Morgan fingerprint density at radius 3 is 2.55 bits per heavy atom. The molecule has 19 unspecified atom stereocenters. The summed E-state index contributed by atoms with van der Waals surface area (Å²) >= 11 is 0. The second kappa shape index (κ2) is 26.3. The van der Waals surface area contributed by atoms with E-state index in [0.29, 0.717) is 78.9 Å². The van der Waals surface area contributed by atoms with Crippen molar-refractivity contribution in [3.63, 3.8) is 0 Å². The number of ketones is 2. The molecule has 8 aliphatic heterocycles. The molecule has 4 aromatic carbocycles. The third-order valence-electron chi connectivity index (χ3n) is 25.2. The predicted octanol–water partition coefficient (Wildman–Crippen LogP) is 2.31. The average molecular weight is 1400 g/mol. The van der Waals surface area contributed by atoms with Crippen LogP contribution in [0.5, 0.6) is 11.5 Å². The maximum absolute atomic E-state index is 15.9. The van der Waals surface area contributed by atoms with Crippen LogP contribution in [0.4, 0.5) is 5.69 Å². The van der Waals surface area contributed by atoms with Crippen LogP contribution < -0.4 is 52.4 Å². The fraction of sp³-hybridized carbons (Fsp3) is 0.538. The smallest absolute Gasteiger partial charge is 0.242 e. The molecule has 0 aromatic heterocycles. The number of ether oxygens (including phenoxy) is 5. The van der Waals surface area contributed by atoms with Crippen molar-refractivity contribution in [2.45, 2.75) is 199 Å². The van der Waals surface area contributed by atoms with Crippen LogP contribution in [0.15, 0.2) is 101 Å². The highest BCUT2D eigenvalue weighted by atomic mass is 16.7. The van der Waals surface area contributed by atoms with Crippen LogP contribution in [0.1, 0.15) is 161 Å². The number of hydrogen-bond donors (Lipinski definition) is 14. The van der Waals surface area contributed by atoms with Gasteiger partial charge in [-0.2, -0.15) is 0 Å². The van der Waals surface area contributed by atoms with Gasteiger partial charge in [0.1, 0.15) is 55.5 Å². The summed E-state index contributed by atoms with van der Waals surface area (Å²) in [7, 11) is 0. The SMILES string of the molecule is NC1=C2C(=CCN1)C13COC4C5Oc6c(cc7c(c6OCC(O)CC=O)C(=O)c6cc(CO)ccc6C7=O)C(c6ccccc6N6CNC7C(=O)NC(N)NC76)C6CCC(O)C(C#CC(O)(C4O)C(O5)C4(CCCC4)OC6)Cc4ccc(c(c4)C(CCO)C1O)CC3=C1CCC3CCCC3NC12. The van der Waals surface area contributed by atoms with E-state index in [1.807, 2.05) is 35.2 Å². The van der Waals surface area contributed by atoms with Crippen molar-refractivity contribution < 1.29 is 78.6 Å². The molecule has 9 bridgehead atoms. The van der Waals surface area contributed by atoms with Gasteiger partial charge in [0.15, 0.2) is 28.7 Å². The van der Waals surface area contributed by atoms with Gasteiger partial charge < -0.3 is 90.8 Å². The van der Waals surface area contributed by atoms with E-state index in [-0.39, 0.29) is 109 Å². The number of carbonyl (C=O) groups is 4. The van der Waals surface area contributed by atoms with Gasteiger partial charge in [0, 0.05) is 71.0 Å². The maximum Gasteiger partial charge on any atom is 0.242 e. The highest BCUT2D eigenvalue weighted by Gasteiger charge is 2.66. The molecule has 8 heterocycles. The van der Waals surface area contributed by atoms with Crippen LogP contribution in [-0.4, -0.2) is 184 Å². The number of amides is 1. The number of benzene rings is 4. The minimum absolute atomic E-state index is 0.0360. The van der Waals surface area contributed by atoms with E-state index < -0.39 is 140 Å². The first-order chi connectivity index (χ1) is 49.4. The standard InChI is InChI=1S/C78H90N8O16/c79-70-60-53(19-25-81-70)77-36-99-67-69(95)78(97)24-18-42(28-38-10-12-41(49(29-38)46(21-27-88)68(77)94)31-54(77)47-16-13-40-6-5-8-55(40)83-61(47)60)57(91)17-14-43-34-100-76(22-3-4-23-76)74(78)102-73(67)101-65-52(58(43)48-7-1-2-9-56(48)86-37-82-62-71(86)84-75(80)85-72(62)96)32-51-59(66(65)98-35-44(90)20-26-87)64(93)50-30-39(33-89)11-15-45(50)63(51)92/h1-2,7,9-12,15,19,26,29-30,32,40,42-44,46,55,57-58,61-62,67-69,71,73-75,81-84,88-91,94-95,97H,3-6,8,13-14,16-17,20-23,25,27-28,31,33-37,79-80H2,(H,85,96). The molecule has 16 N–H and O–H groups in total. The Hall–Kier alpha value is -7.42. The molecule has 538 valence electrons. The molecular formula is C78H90N8O16. The van der Waals surface area contributed by atoms with Gasteiger partial charge in [0.05, 0.1) is 73.3 Å². The molecule has 0 radical (unpaired) electrons. The number of carbonyl (C=O) groups excluding carboxylic acids is 4. The lowest BCUT2D eigenvalue weighted by molar-refractivity contribution is -0.337. The molecule has 6 fully saturated rings. The highest BCUT2D eigenvalue weighted by molar-refractivity contribution is 6.29. The van der Waals surface area contributed by atoms with Gasteiger partial charge >= 0.3 is 0 Å². The Bertz CT molecular complexity index is 4260. The number of aliphatic hydroxyl groups excluding tert-OH is 6. The van der Waals surface area contributed by atoms with Crippen LogP contribution in [0, 0.1) is 35.0 Å². The summed E-state index contributed by atoms with van der Waals surface area (Å²) in [6.45, 7) is -1.49. The number of nitrogens with one attached hydrogen (secondary N) is 5. The third-order valence-corrected chi connectivity index (χ3v) is 25.2. The molecule has 17 rings (SSSR count). The number of aldehydes is 1. The number of fused-ring (bicyclic) bond motifs is 16. The predicted molar refractivity (Wildman–Crippen MR) is 369 cm³/mol. The van der Waals surface area contributed by atoms with Gasteiger partial charge in [0.25, 0.3) is 0 Å². The number of nitrogens with two attached hydrogens (primary N) is 2. The normalized spacial score (nSPS) is 35.8. The number of aliphatic hydroxyl groups is 7. The van der Waals surface area contributed by atoms with E-state index in [1.54, 1.807) is 12.1 Å². The number of nitrogens with zero attached hydrogens (tertiary/aromatic N) is 1. The Labute approximate surface area is 590 Å². The van der Waals surface area contributed by atoms with Gasteiger partial charge in [-0.15, -0.1) is 0 Å². The topological polar surface area (TPSA) is 371 Å². The second-order valence-electron chi connectivity index (χ2n) is 30.7. The van der Waals surface area contributed by atoms with E-state index in [2.05, 4.69) is 56.6 Å². The van der Waals surface area contributed by atoms with E-state index in [9.17, 15) is 45.3 Å². The molecule has 2 spiro atoms. The Morgan fingerprint density at radius 2 is 1.73 bits per heavy atom. The molecule has 5 aliphatic carbocycles. The first kappa shape index (κ1) is 67.7. The maximum atomic E-state index is 15.9. The van der Waals surface area contributed by atoms with Crippen molar-refractivity contribution in [1.82, 2.24) is 26.6 Å². The Morgan fingerprint density at radius 1 is 0.882 bits per heavy atom. The summed E-state index contributed by atoms with van der Waals surface area (Å²) in [4.78, 5) is 59.8. The van der Waals surface area contributed by atoms with E-state index in [4.69, 9.17) is 35.2 Å². The molecule has 4 saturated heterocycles. The number of hydrogen-bond acceptors (Lipinski definition) is 23. The first-order valence-electron chi connectivity index (χ1n) is 36.7. The van der Waals surface area contributed by atoms with E-state index in [0.717, 1.165) is 59.1 Å². The largest absolute Gasteiger partial charge is 0.486 e. The summed E-state index contributed by atoms with van der Waals surface area (Å²) in [5.74, 6) is 1.76. The number of para-hydroxylation sites is 1. The third kappa shape index (κ3) is 10.8. The number of rotatable bonds is 10. The van der Waals surface area contributed by atoms with Gasteiger partial charge in [-0.3, -0.25) is 30.8 Å². The second-order valence-corrected chi connectivity index (χ2v) is 30.7. The molecule has 102 heavy (non-hydrogen) atoms. The molecule has 13 aliphatic rings. The van der Waals surface area contributed by atoms with Crippen LogP contribution in [0.25, 0.3) is 0 Å². The van der Waals surface area contributed by atoms with Crippen molar-refractivity contribution in [2.75, 3.05) is 44.5 Å². The van der Waals surface area contributed by atoms with Gasteiger partial charge in [-0.1, -0.05) is 79.6 Å². The molecule has 4 aromatic rings. The molecule has 19 atom stereocenters. The summed E-state index contributed by atoms with van der Waals surface area (Å²) in [6, 6.07) is 19.0. The van der Waals surface area contributed by atoms with Crippen LogP contribution in [0.2, 0.25) is 0 Å². The molecular weight excluding hydrogens is 1300 g/mol.